The van der Waals surface area contributed by atoms with E-state index in [9.17, 15) is 0 Å². The fraction of sp³-hybridized carbons (Fsp3) is 0.0400. The first-order chi connectivity index (χ1) is 15.2. The molecule has 5 rings (SSSR count). The van der Waals surface area contributed by atoms with Gasteiger partial charge in [0.25, 0.3) is 0 Å². The molecule has 4 nitrogen and oxygen atoms in total. The molecule has 1 N–H and O–H groups in total. The maximum absolute atomic E-state index is 6.26. The van der Waals surface area contributed by atoms with E-state index in [-0.39, 0.29) is 0 Å². The van der Waals surface area contributed by atoms with Crippen LogP contribution in [0.5, 0.6) is 0 Å². The van der Waals surface area contributed by atoms with E-state index in [4.69, 9.17) is 23.2 Å². The van der Waals surface area contributed by atoms with Gasteiger partial charge in [0.1, 0.15) is 12.1 Å². The van der Waals surface area contributed by atoms with E-state index in [2.05, 4.69) is 38.2 Å². The highest BCUT2D eigenvalue weighted by atomic mass is 35.5. The normalized spacial score (nSPS) is 11.0. The quantitative estimate of drug-likeness (QED) is 0.317. The summed E-state index contributed by atoms with van der Waals surface area (Å²) in [5, 5.41) is 5.81. The molecule has 0 amide bonds. The Kier molecular flexibility index (Phi) is 5.33. The Bertz CT molecular complexity index is 1360. The molecule has 3 aromatic carbocycles. The number of anilines is 1. The van der Waals surface area contributed by atoms with Crippen LogP contribution in [0.25, 0.3) is 27.8 Å². The second-order valence-electron chi connectivity index (χ2n) is 7.16. The third-order valence-electron chi connectivity index (χ3n) is 5.10. The summed E-state index contributed by atoms with van der Waals surface area (Å²) in [6.45, 7) is 0.600. The molecular formula is C25H18Cl2N4. The molecule has 2 heterocycles. The molecule has 31 heavy (non-hydrogen) atoms. The van der Waals surface area contributed by atoms with E-state index in [0.717, 1.165) is 39.2 Å². The number of hydrogen-bond acceptors (Lipinski definition) is 3. The Hall–Kier alpha value is -3.34. The first kappa shape index (κ1) is 19.6. The van der Waals surface area contributed by atoms with Crippen molar-refractivity contribution >= 4 is 40.1 Å². The molecule has 5 aromatic rings. The molecule has 0 fully saturated rings. The minimum atomic E-state index is 0.600. The van der Waals surface area contributed by atoms with Gasteiger partial charge in [-0.25, -0.2) is 9.97 Å². The van der Waals surface area contributed by atoms with E-state index >= 15 is 0 Å². The summed E-state index contributed by atoms with van der Waals surface area (Å²) in [6, 6.07) is 25.8. The van der Waals surface area contributed by atoms with Crippen molar-refractivity contribution in [1.29, 1.82) is 0 Å². The molecule has 0 atom stereocenters. The largest absolute Gasteiger partial charge is 0.365 e. The molecule has 0 unspecified atom stereocenters. The molecule has 0 aliphatic rings. The van der Waals surface area contributed by atoms with Crippen LogP contribution in [-0.4, -0.2) is 14.5 Å². The number of hydrogen-bond donors (Lipinski definition) is 1. The molecule has 0 aliphatic heterocycles. The molecular weight excluding hydrogens is 427 g/mol. The third-order valence-corrected chi connectivity index (χ3v) is 5.57. The van der Waals surface area contributed by atoms with E-state index in [1.165, 1.54) is 0 Å². The van der Waals surface area contributed by atoms with Crippen molar-refractivity contribution < 1.29 is 0 Å². The number of nitrogens with one attached hydrogen (secondary N) is 1. The highest BCUT2D eigenvalue weighted by molar-refractivity contribution is 6.31. The Morgan fingerprint density at radius 1 is 0.806 bits per heavy atom. The Balaban J connectivity index is 1.66. The minimum Gasteiger partial charge on any atom is -0.365 e. The SMILES string of the molecule is Clc1cccc(CNc2ncnc3c2c(-c2ccccc2)cn3-c2cccc(Cl)c2)c1. The molecule has 0 radical (unpaired) electrons. The fourth-order valence-electron chi connectivity index (χ4n) is 3.69. The van der Waals surface area contributed by atoms with Crippen LogP contribution >= 0.6 is 23.2 Å². The highest BCUT2D eigenvalue weighted by Gasteiger charge is 2.17. The molecule has 0 spiro atoms. The second kappa shape index (κ2) is 8.42. The van der Waals surface area contributed by atoms with Gasteiger partial charge in [0.15, 0.2) is 5.65 Å². The summed E-state index contributed by atoms with van der Waals surface area (Å²) in [5.41, 5.74) is 4.97. The Morgan fingerprint density at radius 3 is 2.35 bits per heavy atom. The smallest absolute Gasteiger partial charge is 0.150 e. The van der Waals surface area contributed by atoms with Gasteiger partial charge in [-0.3, -0.25) is 0 Å². The predicted octanol–water partition coefficient (Wildman–Crippen LogP) is 7.01. The van der Waals surface area contributed by atoms with Crippen molar-refractivity contribution in [3.63, 3.8) is 0 Å². The van der Waals surface area contributed by atoms with Crippen molar-refractivity contribution in [3.05, 3.63) is 107 Å². The second-order valence-corrected chi connectivity index (χ2v) is 8.04. The van der Waals surface area contributed by atoms with Gasteiger partial charge in [0.05, 0.1) is 5.39 Å². The summed E-state index contributed by atoms with van der Waals surface area (Å²) >= 11 is 12.4. The predicted molar refractivity (Wildman–Crippen MR) is 128 cm³/mol. The van der Waals surface area contributed by atoms with Crippen molar-refractivity contribution in [3.8, 4) is 16.8 Å². The van der Waals surface area contributed by atoms with Gasteiger partial charge >= 0.3 is 0 Å². The zero-order valence-corrected chi connectivity index (χ0v) is 18.0. The third kappa shape index (κ3) is 4.00. The summed E-state index contributed by atoms with van der Waals surface area (Å²) < 4.78 is 2.05. The molecule has 0 saturated heterocycles. The van der Waals surface area contributed by atoms with E-state index < -0.39 is 0 Å². The van der Waals surface area contributed by atoms with Crippen molar-refractivity contribution in [1.82, 2.24) is 14.5 Å². The van der Waals surface area contributed by atoms with Gasteiger partial charge in [-0.05, 0) is 41.5 Å². The van der Waals surface area contributed by atoms with Crippen molar-refractivity contribution in [2.45, 2.75) is 6.54 Å². The van der Waals surface area contributed by atoms with E-state index in [1.54, 1.807) is 6.33 Å². The van der Waals surface area contributed by atoms with Gasteiger partial charge in [-0.2, -0.15) is 0 Å². The number of aromatic nitrogens is 3. The molecule has 0 aliphatic carbocycles. The highest BCUT2D eigenvalue weighted by Crippen LogP contribution is 2.35. The van der Waals surface area contributed by atoms with Crippen molar-refractivity contribution in [2.24, 2.45) is 0 Å². The monoisotopic (exact) mass is 444 g/mol. The number of nitrogens with zero attached hydrogens (tertiary/aromatic N) is 3. The summed E-state index contributed by atoms with van der Waals surface area (Å²) in [4.78, 5) is 9.17. The van der Waals surface area contributed by atoms with Gasteiger partial charge in [0, 0.05) is 34.0 Å². The topological polar surface area (TPSA) is 42.7 Å². The van der Waals surface area contributed by atoms with Gasteiger partial charge in [-0.15, -0.1) is 0 Å². The summed E-state index contributed by atoms with van der Waals surface area (Å²) in [7, 11) is 0. The lowest BCUT2D eigenvalue weighted by molar-refractivity contribution is 1.06. The van der Waals surface area contributed by atoms with Crippen LogP contribution in [0.4, 0.5) is 5.82 Å². The molecule has 2 aromatic heterocycles. The number of benzene rings is 3. The molecule has 0 bridgehead atoms. The Morgan fingerprint density at radius 2 is 1.58 bits per heavy atom. The lowest BCUT2D eigenvalue weighted by Crippen LogP contribution is -2.03. The van der Waals surface area contributed by atoms with Gasteiger partial charge in [0.2, 0.25) is 0 Å². The first-order valence-corrected chi connectivity index (χ1v) is 10.6. The summed E-state index contributed by atoms with van der Waals surface area (Å²) in [5.74, 6) is 0.768. The number of rotatable bonds is 5. The number of halogens is 2. The van der Waals surface area contributed by atoms with Crippen LogP contribution in [0.3, 0.4) is 0 Å². The van der Waals surface area contributed by atoms with Crippen LogP contribution in [0.2, 0.25) is 10.0 Å². The van der Waals surface area contributed by atoms with Crippen LogP contribution in [0.15, 0.2) is 91.4 Å². The standard InChI is InChI=1S/C25H18Cl2N4/c26-19-9-4-6-17(12-19)14-28-24-23-22(18-7-2-1-3-8-18)15-31(25(23)30-16-29-24)21-11-5-10-20(27)13-21/h1-13,15-16H,14H2,(H,28,29,30). The lowest BCUT2D eigenvalue weighted by Gasteiger charge is -2.09. The maximum Gasteiger partial charge on any atom is 0.150 e. The van der Waals surface area contributed by atoms with Gasteiger partial charge in [-0.1, -0.05) is 71.7 Å². The zero-order chi connectivity index (χ0) is 21.2. The molecule has 6 heteroatoms. The van der Waals surface area contributed by atoms with Crippen LogP contribution in [0, 0.1) is 0 Å². The Labute approximate surface area is 190 Å². The average Bonchev–Trinajstić information content (AvgIpc) is 3.19. The minimum absolute atomic E-state index is 0.600. The average molecular weight is 445 g/mol. The van der Waals surface area contributed by atoms with Crippen LogP contribution in [0.1, 0.15) is 5.56 Å². The van der Waals surface area contributed by atoms with Gasteiger partial charge < -0.3 is 9.88 Å². The lowest BCUT2D eigenvalue weighted by atomic mass is 10.1. The maximum atomic E-state index is 6.26. The zero-order valence-electron chi connectivity index (χ0n) is 16.5. The van der Waals surface area contributed by atoms with Crippen LogP contribution in [-0.2, 0) is 6.54 Å². The first-order valence-electron chi connectivity index (χ1n) is 9.85. The summed E-state index contributed by atoms with van der Waals surface area (Å²) in [6.07, 6.45) is 3.67. The molecule has 0 saturated carbocycles. The van der Waals surface area contributed by atoms with E-state index in [1.807, 2.05) is 66.7 Å². The molecule has 152 valence electrons. The number of fused-ring (bicyclic) bond motifs is 1. The van der Waals surface area contributed by atoms with Crippen LogP contribution < -0.4 is 5.32 Å². The van der Waals surface area contributed by atoms with Crippen molar-refractivity contribution in [2.75, 3.05) is 5.32 Å². The fourth-order valence-corrected chi connectivity index (χ4v) is 4.09. The van der Waals surface area contributed by atoms with E-state index in [0.29, 0.717) is 16.6 Å².